The normalized spacial score (nSPS) is 27.3. The summed E-state index contributed by atoms with van der Waals surface area (Å²) in [5, 5.41) is 4.07. The van der Waals surface area contributed by atoms with Gasteiger partial charge in [0.25, 0.3) is 6.43 Å². The minimum absolute atomic E-state index is 0.0332. The number of rotatable bonds is 2. The summed E-state index contributed by atoms with van der Waals surface area (Å²) in [5.41, 5.74) is 1.98. The zero-order valence-corrected chi connectivity index (χ0v) is 8.87. The highest BCUT2D eigenvalue weighted by atomic mass is 19.3. The molecule has 2 aliphatic carbocycles. The Morgan fingerprint density at radius 3 is 2.73 bits per heavy atom. The van der Waals surface area contributed by atoms with Crippen molar-refractivity contribution in [1.82, 2.24) is 9.78 Å². The van der Waals surface area contributed by atoms with E-state index in [0.717, 1.165) is 17.7 Å². The molecule has 15 heavy (non-hydrogen) atoms. The topological polar surface area (TPSA) is 17.8 Å². The zero-order chi connectivity index (χ0) is 10.7. The van der Waals surface area contributed by atoms with E-state index in [1.165, 1.54) is 6.42 Å². The van der Waals surface area contributed by atoms with Gasteiger partial charge in [-0.1, -0.05) is 0 Å². The number of halogens is 2. The van der Waals surface area contributed by atoms with Gasteiger partial charge in [0.05, 0.1) is 0 Å². The Bertz CT molecular complexity index is 409. The molecule has 2 nitrogen and oxygen atoms in total. The predicted molar refractivity (Wildman–Crippen MR) is 52.1 cm³/mol. The Kier molecular flexibility index (Phi) is 1.74. The summed E-state index contributed by atoms with van der Waals surface area (Å²) in [4.78, 5) is 0. The molecule has 0 aliphatic heterocycles. The van der Waals surface area contributed by atoms with Crippen molar-refractivity contribution in [2.24, 2.45) is 5.92 Å². The molecule has 1 heterocycles. The standard InChI is InChI=1S/C11H14F2N2/c1-5(2)15-10-7-3-6(7)4-8(10)9(14-15)11(12)13/h5-7,11H,3-4H2,1-2H3/t6-,7?/m0/s1. The van der Waals surface area contributed by atoms with Crippen LogP contribution in [-0.4, -0.2) is 9.78 Å². The number of aromatic nitrogens is 2. The average molecular weight is 212 g/mol. The van der Waals surface area contributed by atoms with Crippen LogP contribution in [0, 0.1) is 5.92 Å². The van der Waals surface area contributed by atoms with Crippen molar-refractivity contribution in [2.45, 2.75) is 45.1 Å². The lowest BCUT2D eigenvalue weighted by Gasteiger charge is -2.09. The molecule has 2 atom stereocenters. The van der Waals surface area contributed by atoms with Crippen molar-refractivity contribution < 1.29 is 8.78 Å². The van der Waals surface area contributed by atoms with Crippen LogP contribution < -0.4 is 0 Å². The van der Waals surface area contributed by atoms with E-state index in [2.05, 4.69) is 5.10 Å². The molecule has 0 aromatic carbocycles. The highest BCUT2D eigenvalue weighted by Gasteiger charge is 2.50. The summed E-state index contributed by atoms with van der Waals surface area (Å²) in [6.45, 7) is 4.00. The second-order valence-corrected chi connectivity index (χ2v) is 4.89. The van der Waals surface area contributed by atoms with Crippen LogP contribution in [0.2, 0.25) is 0 Å². The molecule has 1 aromatic heterocycles. The lowest BCUT2D eigenvalue weighted by atomic mass is 10.1. The third kappa shape index (κ3) is 1.17. The first-order chi connectivity index (χ1) is 7.09. The number of nitrogens with zero attached hydrogens (tertiary/aromatic N) is 2. The number of hydrogen-bond donors (Lipinski definition) is 0. The zero-order valence-electron chi connectivity index (χ0n) is 8.87. The van der Waals surface area contributed by atoms with Crippen molar-refractivity contribution in [1.29, 1.82) is 0 Å². The molecule has 4 heteroatoms. The van der Waals surface area contributed by atoms with Gasteiger partial charge in [0.1, 0.15) is 5.69 Å². The molecule has 0 N–H and O–H groups in total. The van der Waals surface area contributed by atoms with Crippen LogP contribution in [0.4, 0.5) is 8.78 Å². The van der Waals surface area contributed by atoms with Crippen molar-refractivity contribution in [3.63, 3.8) is 0 Å². The van der Waals surface area contributed by atoms with Crippen LogP contribution in [-0.2, 0) is 6.42 Å². The monoisotopic (exact) mass is 212 g/mol. The van der Waals surface area contributed by atoms with Crippen LogP contribution in [0.15, 0.2) is 0 Å². The number of alkyl halides is 2. The largest absolute Gasteiger partial charge is 0.282 e. The third-order valence-corrected chi connectivity index (χ3v) is 3.52. The van der Waals surface area contributed by atoms with Gasteiger partial charge in [-0.25, -0.2) is 8.78 Å². The van der Waals surface area contributed by atoms with Crippen LogP contribution in [0.5, 0.6) is 0 Å². The maximum Gasteiger partial charge on any atom is 0.282 e. The second kappa shape index (κ2) is 2.80. The molecule has 0 saturated heterocycles. The average Bonchev–Trinajstić information content (AvgIpc) is 2.67. The van der Waals surface area contributed by atoms with Crippen molar-refractivity contribution in [2.75, 3.05) is 0 Å². The summed E-state index contributed by atoms with van der Waals surface area (Å²) >= 11 is 0. The maximum absolute atomic E-state index is 12.8. The Balaban J connectivity index is 2.13. The second-order valence-electron chi connectivity index (χ2n) is 4.89. The Morgan fingerprint density at radius 1 is 1.40 bits per heavy atom. The Labute approximate surface area is 87.3 Å². The van der Waals surface area contributed by atoms with Gasteiger partial charge in [-0.05, 0) is 32.6 Å². The first kappa shape index (κ1) is 9.31. The van der Waals surface area contributed by atoms with Crippen LogP contribution >= 0.6 is 0 Å². The smallest absolute Gasteiger partial charge is 0.266 e. The molecule has 1 unspecified atom stereocenters. The molecule has 0 radical (unpaired) electrons. The fraction of sp³-hybridized carbons (Fsp3) is 0.727. The quantitative estimate of drug-likeness (QED) is 0.736. The van der Waals surface area contributed by atoms with Crippen LogP contribution in [0.3, 0.4) is 0 Å². The maximum atomic E-state index is 12.8. The van der Waals surface area contributed by atoms with E-state index >= 15 is 0 Å². The van der Waals surface area contributed by atoms with Gasteiger partial charge in [0.2, 0.25) is 0 Å². The molecule has 0 spiro atoms. The van der Waals surface area contributed by atoms with Gasteiger partial charge in [-0.15, -0.1) is 0 Å². The van der Waals surface area contributed by atoms with Crippen molar-refractivity contribution in [3.05, 3.63) is 17.0 Å². The summed E-state index contributed by atoms with van der Waals surface area (Å²) in [6, 6.07) is 0.186. The van der Waals surface area contributed by atoms with Gasteiger partial charge in [-0.2, -0.15) is 5.10 Å². The SMILES string of the molecule is CC(C)n1nc(C(F)F)c2c1C1C[C@H]1C2. The molecular weight excluding hydrogens is 198 g/mol. The fourth-order valence-corrected chi connectivity index (χ4v) is 2.74. The lowest BCUT2D eigenvalue weighted by Crippen LogP contribution is -2.07. The van der Waals surface area contributed by atoms with Crippen molar-refractivity contribution in [3.8, 4) is 0 Å². The Morgan fingerprint density at radius 2 is 2.13 bits per heavy atom. The Hall–Kier alpha value is -0.930. The van der Waals surface area contributed by atoms with E-state index in [-0.39, 0.29) is 11.7 Å². The summed E-state index contributed by atoms with van der Waals surface area (Å²) in [7, 11) is 0. The van der Waals surface area contributed by atoms with Crippen LogP contribution in [0.1, 0.15) is 55.6 Å². The van der Waals surface area contributed by atoms with Gasteiger partial charge in [0.15, 0.2) is 0 Å². The van der Waals surface area contributed by atoms with E-state index in [4.69, 9.17) is 0 Å². The first-order valence-corrected chi connectivity index (χ1v) is 5.49. The molecule has 2 aliphatic rings. The molecule has 1 fully saturated rings. The van der Waals surface area contributed by atoms with Crippen molar-refractivity contribution >= 4 is 0 Å². The van der Waals surface area contributed by atoms with Crippen LogP contribution in [0.25, 0.3) is 0 Å². The number of hydrogen-bond acceptors (Lipinski definition) is 1. The van der Waals surface area contributed by atoms with Gasteiger partial charge in [0, 0.05) is 23.2 Å². The highest BCUT2D eigenvalue weighted by molar-refractivity contribution is 5.41. The van der Waals surface area contributed by atoms with E-state index in [1.807, 2.05) is 18.5 Å². The summed E-state index contributed by atoms with van der Waals surface area (Å²) in [5.74, 6) is 1.17. The van der Waals surface area contributed by atoms with E-state index in [0.29, 0.717) is 11.8 Å². The minimum Gasteiger partial charge on any atom is -0.266 e. The molecule has 82 valence electrons. The highest BCUT2D eigenvalue weighted by Crippen LogP contribution is 2.58. The minimum atomic E-state index is -2.42. The predicted octanol–water partition coefficient (Wildman–Crippen LogP) is 3.06. The van der Waals surface area contributed by atoms with E-state index in [9.17, 15) is 8.78 Å². The molecule has 1 aromatic rings. The molecule has 0 bridgehead atoms. The summed E-state index contributed by atoms with van der Waals surface area (Å²) in [6.07, 6.45) is -0.420. The first-order valence-electron chi connectivity index (χ1n) is 5.49. The van der Waals surface area contributed by atoms with Gasteiger partial charge >= 0.3 is 0 Å². The van der Waals surface area contributed by atoms with E-state index < -0.39 is 6.43 Å². The fourth-order valence-electron chi connectivity index (χ4n) is 2.74. The molecule has 1 saturated carbocycles. The van der Waals surface area contributed by atoms with Gasteiger partial charge in [-0.3, -0.25) is 4.68 Å². The van der Waals surface area contributed by atoms with E-state index in [1.54, 1.807) is 0 Å². The molecular formula is C11H14F2N2. The van der Waals surface area contributed by atoms with Gasteiger partial charge < -0.3 is 0 Å². The number of fused-ring (bicyclic) bond motifs is 3. The summed E-state index contributed by atoms with van der Waals surface area (Å²) < 4.78 is 27.3. The third-order valence-electron chi connectivity index (χ3n) is 3.52. The lowest BCUT2D eigenvalue weighted by molar-refractivity contribution is 0.143. The molecule has 3 rings (SSSR count). The molecule has 0 amide bonds.